The van der Waals surface area contributed by atoms with Gasteiger partial charge in [0.25, 0.3) is 0 Å². The monoisotopic (exact) mass is 233 g/mol. The van der Waals surface area contributed by atoms with E-state index in [0.29, 0.717) is 12.1 Å². The number of benzene rings is 1. The summed E-state index contributed by atoms with van der Waals surface area (Å²) in [6.45, 7) is 4.46. The topological polar surface area (TPSA) is 3.24 Å². The average molecular weight is 233 g/mol. The molecule has 2 heteroatoms. The van der Waals surface area contributed by atoms with Crippen LogP contribution >= 0.6 is 12.2 Å². The molecule has 1 heterocycles. The van der Waals surface area contributed by atoms with Gasteiger partial charge in [-0.1, -0.05) is 42.5 Å². The van der Waals surface area contributed by atoms with Gasteiger partial charge in [0.1, 0.15) is 0 Å². The van der Waals surface area contributed by atoms with Gasteiger partial charge in [-0.05, 0) is 38.7 Å². The van der Waals surface area contributed by atoms with Crippen molar-refractivity contribution in [3.63, 3.8) is 0 Å². The Morgan fingerprint density at radius 3 is 2.62 bits per heavy atom. The normalized spacial score (nSPS) is 20.8. The van der Waals surface area contributed by atoms with Crippen molar-refractivity contribution in [2.24, 2.45) is 0 Å². The molecule has 1 nitrogen and oxygen atoms in total. The highest BCUT2D eigenvalue weighted by atomic mass is 32.1. The maximum atomic E-state index is 5.44. The lowest BCUT2D eigenvalue weighted by Crippen LogP contribution is -2.39. The van der Waals surface area contributed by atoms with E-state index in [-0.39, 0.29) is 0 Å². The van der Waals surface area contributed by atoms with E-state index in [1.165, 1.54) is 12.0 Å². The van der Waals surface area contributed by atoms with Gasteiger partial charge in [0.15, 0.2) is 0 Å². The summed E-state index contributed by atoms with van der Waals surface area (Å²) in [7, 11) is 0. The predicted molar refractivity (Wildman–Crippen MR) is 72.7 cm³/mol. The highest BCUT2D eigenvalue weighted by molar-refractivity contribution is 7.80. The second-order valence-corrected chi connectivity index (χ2v) is 5.25. The van der Waals surface area contributed by atoms with Crippen molar-refractivity contribution in [1.82, 2.24) is 4.90 Å². The second kappa shape index (κ2) is 4.96. The maximum absolute atomic E-state index is 5.44. The van der Waals surface area contributed by atoms with Gasteiger partial charge in [-0.2, -0.15) is 0 Å². The fraction of sp³-hybridized carbons (Fsp3) is 0.500. The Hall–Kier alpha value is -0.890. The van der Waals surface area contributed by atoms with Crippen LogP contribution in [0.2, 0.25) is 0 Å². The van der Waals surface area contributed by atoms with E-state index >= 15 is 0 Å². The number of rotatable bonds is 3. The Labute approximate surface area is 103 Å². The standard InChI is InChI=1S/C14H19NS/c1-11(2)15-13(8-9-14(15)16)10-12-6-4-3-5-7-12/h3-7,11,13H,8-10H2,1-2H3/t13-/m1/s1. The molecule has 0 radical (unpaired) electrons. The first-order chi connectivity index (χ1) is 7.68. The van der Waals surface area contributed by atoms with Crippen molar-refractivity contribution in [3.05, 3.63) is 35.9 Å². The van der Waals surface area contributed by atoms with Crippen LogP contribution in [0, 0.1) is 0 Å². The van der Waals surface area contributed by atoms with E-state index in [1.54, 1.807) is 0 Å². The first-order valence-corrected chi connectivity index (χ1v) is 6.44. The van der Waals surface area contributed by atoms with Crippen LogP contribution < -0.4 is 0 Å². The van der Waals surface area contributed by atoms with Gasteiger partial charge >= 0.3 is 0 Å². The van der Waals surface area contributed by atoms with Crippen molar-refractivity contribution in [1.29, 1.82) is 0 Å². The Kier molecular flexibility index (Phi) is 3.59. The molecule has 2 rings (SSSR count). The van der Waals surface area contributed by atoms with Crippen molar-refractivity contribution in [3.8, 4) is 0 Å². The molecule has 0 N–H and O–H groups in total. The third kappa shape index (κ3) is 2.43. The molecule has 1 aliphatic heterocycles. The first-order valence-electron chi connectivity index (χ1n) is 6.03. The largest absolute Gasteiger partial charge is 0.360 e. The lowest BCUT2D eigenvalue weighted by molar-refractivity contribution is 0.285. The zero-order chi connectivity index (χ0) is 11.5. The summed E-state index contributed by atoms with van der Waals surface area (Å²) in [5.41, 5.74) is 1.42. The van der Waals surface area contributed by atoms with E-state index in [9.17, 15) is 0 Å². The molecular weight excluding hydrogens is 214 g/mol. The van der Waals surface area contributed by atoms with Crippen LogP contribution in [0.4, 0.5) is 0 Å². The first kappa shape index (κ1) is 11.6. The van der Waals surface area contributed by atoms with Crippen LogP contribution in [-0.2, 0) is 6.42 Å². The Bertz CT molecular complexity index is 358. The molecule has 16 heavy (non-hydrogen) atoms. The summed E-state index contributed by atoms with van der Waals surface area (Å²) in [4.78, 5) is 3.57. The summed E-state index contributed by atoms with van der Waals surface area (Å²) >= 11 is 5.44. The van der Waals surface area contributed by atoms with Crippen molar-refractivity contribution < 1.29 is 0 Å². The van der Waals surface area contributed by atoms with E-state index in [1.807, 2.05) is 0 Å². The van der Waals surface area contributed by atoms with Gasteiger partial charge in [0, 0.05) is 12.1 Å². The number of hydrogen-bond acceptors (Lipinski definition) is 1. The molecule has 1 saturated heterocycles. The van der Waals surface area contributed by atoms with Crippen LogP contribution in [0.15, 0.2) is 30.3 Å². The van der Waals surface area contributed by atoms with Crippen molar-refractivity contribution in [2.75, 3.05) is 0 Å². The number of hydrogen-bond donors (Lipinski definition) is 0. The molecular formula is C14H19NS. The molecule has 1 aromatic rings. The lowest BCUT2D eigenvalue weighted by atomic mass is 10.0. The third-order valence-electron chi connectivity index (χ3n) is 3.24. The van der Waals surface area contributed by atoms with Crippen LogP contribution in [0.5, 0.6) is 0 Å². The molecule has 1 fully saturated rings. The van der Waals surface area contributed by atoms with E-state index in [0.717, 1.165) is 17.8 Å². The van der Waals surface area contributed by atoms with Gasteiger partial charge in [-0.15, -0.1) is 0 Å². The highest BCUT2D eigenvalue weighted by Gasteiger charge is 2.29. The number of nitrogens with zero attached hydrogens (tertiary/aromatic N) is 1. The molecule has 86 valence electrons. The number of thiocarbonyl (C=S) groups is 1. The van der Waals surface area contributed by atoms with Crippen LogP contribution in [0.1, 0.15) is 32.3 Å². The average Bonchev–Trinajstić information content (AvgIpc) is 2.61. The second-order valence-electron chi connectivity index (χ2n) is 4.78. The molecule has 1 atom stereocenters. The summed E-state index contributed by atoms with van der Waals surface area (Å²) in [6.07, 6.45) is 3.43. The molecule has 0 bridgehead atoms. The SMILES string of the molecule is CC(C)N1C(=S)CC[C@@H]1Cc1ccccc1. The van der Waals surface area contributed by atoms with Crippen molar-refractivity contribution >= 4 is 17.2 Å². The van der Waals surface area contributed by atoms with Crippen LogP contribution in [0.25, 0.3) is 0 Å². The Morgan fingerprint density at radius 2 is 2.00 bits per heavy atom. The van der Waals surface area contributed by atoms with Gasteiger partial charge in [0.05, 0.1) is 4.99 Å². The lowest BCUT2D eigenvalue weighted by Gasteiger charge is -2.30. The van der Waals surface area contributed by atoms with Gasteiger partial charge in [0.2, 0.25) is 0 Å². The summed E-state index contributed by atoms with van der Waals surface area (Å²) < 4.78 is 0. The zero-order valence-electron chi connectivity index (χ0n) is 10.0. The summed E-state index contributed by atoms with van der Waals surface area (Å²) in [5, 5.41) is 0. The fourth-order valence-electron chi connectivity index (χ4n) is 2.56. The Balaban J connectivity index is 2.07. The molecule has 1 aliphatic rings. The highest BCUT2D eigenvalue weighted by Crippen LogP contribution is 2.25. The van der Waals surface area contributed by atoms with Gasteiger partial charge < -0.3 is 4.90 Å². The molecule has 0 aromatic heterocycles. The molecule has 0 amide bonds. The molecule has 0 saturated carbocycles. The smallest absolute Gasteiger partial charge is 0.0784 e. The van der Waals surface area contributed by atoms with Crippen LogP contribution in [0.3, 0.4) is 0 Å². The molecule has 0 aliphatic carbocycles. The molecule has 1 aromatic carbocycles. The minimum Gasteiger partial charge on any atom is -0.360 e. The molecule has 0 unspecified atom stereocenters. The van der Waals surface area contributed by atoms with Gasteiger partial charge in [-0.3, -0.25) is 0 Å². The van der Waals surface area contributed by atoms with Crippen LogP contribution in [-0.4, -0.2) is 22.0 Å². The number of likely N-dealkylation sites (tertiary alicyclic amines) is 1. The van der Waals surface area contributed by atoms with E-state index < -0.39 is 0 Å². The summed E-state index contributed by atoms with van der Waals surface area (Å²) in [5.74, 6) is 0. The maximum Gasteiger partial charge on any atom is 0.0784 e. The van der Waals surface area contributed by atoms with Gasteiger partial charge in [-0.25, -0.2) is 0 Å². The predicted octanol–water partition coefficient (Wildman–Crippen LogP) is 3.43. The minimum absolute atomic E-state index is 0.531. The van der Waals surface area contributed by atoms with E-state index in [2.05, 4.69) is 49.1 Å². The Morgan fingerprint density at radius 1 is 1.31 bits per heavy atom. The quantitative estimate of drug-likeness (QED) is 0.736. The summed E-state index contributed by atoms with van der Waals surface area (Å²) in [6, 6.07) is 11.9. The fourth-order valence-corrected chi connectivity index (χ4v) is 3.04. The third-order valence-corrected chi connectivity index (χ3v) is 3.66. The zero-order valence-corrected chi connectivity index (χ0v) is 10.8. The van der Waals surface area contributed by atoms with E-state index in [4.69, 9.17) is 12.2 Å². The molecule has 0 spiro atoms. The minimum atomic E-state index is 0.531. The van der Waals surface area contributed by atoms with Crippen molar-refractivity contribution in [2.45, 2.75) is 45.2 Å².